The zero-order valence-corrected chi connectivity index (χ0v) is 11.1. The fourth-order valence-corrected chi connectivity index (χ4v) is 3.24. The van der Waals surface area contributed by atoms with Gasteiger partial charge in [0.05, 0.1) is 0 Å². The molecule has 0 aromatic carbocycles. The molecule has 0 radical (unpaired) electrons. The minimum absolute atomic E-state index is 0.305. The predicted molar refractivity (Wildman–Crippen MR) is 67.5 cm³/mol. The van der Waals surface area contributed by atoms with Gasteiger partial charge in [-0.1, -0.05) is 31.9 Å². The van der Waals surface area contributed by atoms with E-state index in [2.05, 4.69) is 6.92 Å². The summed E-state index contributed by atoms with van der Waals surface area (Å²) in [6, 6.07) is 0. The first kappa shape index (κ1) is 14.6. The Bertz CT molecular complexity index is 374. The average Bonchev–Trinajstić information content (AvgIpc) is 2.34. The van der Waals surface area contributed by atoms with E-state index in [4.69, 9.17) is 0 Å². The second kappa shape index (κ2) is 5.29. The molecule has 0 heterocycles. The van der Waals surface area contributed by atoms with Gasteiger partial charge in [0.25, 0.3) is 0 Å². The van der Waals surface area contributed by atoms with Crippen LogP contribution in [0.5, 0.6) is 0 Å². The van der Waals surface area contributed by atoms with E-state index in [1.54, 1.807) is 0 Å². The van der Waals surface area contributed by atoms with Crippen molar-refractivity contribution < 1.29 is 17.6 Å². The van der Waals surface area contributed by atoms with Crippen molar-refractivity contribution in [3.63, 3.8) is 0 Å². The molecule has 0 bridgehead atoms. The summed E-state index contributed by atoms with van der Waals surface area (Å²) in [6.45, 7) is 2.11. The van der Waals surface area contributed by atoms with E-state index in [9.17, 15) is 17.6 Å². The summed E-state index contributed by atoms with van der Waals surface area (Å²) in [7, 11) is 0. The van der Waals surface area contributed by atoms with Crippen LogP contribution in [0.4, 0.5) is 17.6 Å². The van der Waals surface area contributed by atoms with E-state index < -0.39 is 11.8 Å². The number of alkyl halides is 4. The topological polar surface area (TPSA) is 0 Å². The normalized spacial score (nSPS) is 33.0. The second-order valence-electron chi connectivity index (χ2n) is 5.68. The van der Waals surface area contributed by atoms with Gasteiger partial charge < -0.3 is 0 Å². The maximum Gasteiger partial charge on any atom is 0.335 e. The van der Waals surface area contributed by atoms with E-state index in [1.165, 1.54) is 6.08 Å². The van der Waals surface area contributed by atoms with Crippen molar-refractivity contribution in [2.24, 2.45) is 11.8 Å². The van der Waals surface area contributed by atoms with Gasteiger partial charge in [-0.3, -0.25) is 0 Å². The van der Waals surface area contributed by atoms with Crippen molar-refractivity contribution in [3.8, 4) is 0 Å². The maximum atomic E-state index is 13.8. The van der Waals surface area contributed by atoms with Gasteiger partial charge in [0.15, 0.2) is 0 Å². The van der Waals surface area contributed by atoms with Gasteiger partial charge in [0, 0.05) is 5.57 Å². The third-order valence-corrected chi connectivity index (χ3v) is 4.35. The standard InChI is InChI=1S/C15H20F4/c1-2-4-11-6-8-12(9-7-11)13-5-3-10-14(16,17)15(13,18)19/h3,5,10-12H,2,4,6-9H2,1H3. The fourth-order valence-electron chi connectivity index (χ4n) is 3.24. The molecule has 0 nitrogen and oxygen atoms in total. The van der Waals surface area contributed by atoms with Crippen LogP contribution in [-0.4, -0.2) is 11.8 Å². The van der Waals surface area contributed by atoms with Crippen LogP contribution in [-0.2, 0) is 0 Å². The molecule has 2 rings (SSSR count). The number of allylic oxidation sites excluding steroid dienone is 4. The first-order valence-electron chi connectivity index (χ1n) is 7.04. The molecule has 108 valence electrons. The Morgan fingerprint density at radius 3 is 2.32 bits per heavy atom. The van der Waals surface area contributed by atoms with Crippen molar-refractivity contribution in [3.05, 3.63) is 23.8 Å². The van der Waals surface area contributed by atoms with Crippen LogP contribution >= 0.6 is 0 Å². The molecule has 0 aromatic heterocycles. The van der Waals surface area contributed by atoms with E-state index in [0.29, 0.717) is 24.8 Å². The summed E-state index contributed by atoms with van der Waals surface area (Å²) >= 11 is 0. The molecule has 2 aliphatic rings. The molecule has 0 atom stereocenters. The molecule has 2 aliphatic carbocycles. The Labute approximate surface area is 111 Å². The maximum absolute atomic E-state index is 13.8. The van der Waals surface area contributed by atoms with Crippen LogP contribution in [0, 0.1) is 11.8 Å². The van der Waals surface area contributed by atoms with E-state index in [1.807, 2.05) is 0 Å². The zero-order valence-electron chi connectivity index (χ0n) is 11.1. The molecule has 19 heavy (non-hydrogen) atoms. The Balaban J connectivity index is 2.07. The third kappa shape index (κ3) is 2.72. The SMILES string of the molecule is CCCC1CCC(C2=CC=CC(F)(F)C2(F)F)CC1. The lowest BCUT2D eigenvalue weighted by molar-refractivity contribution is -0.161. The predicted octanol–water partition coefficient (Wildman–Crippen LogP) is 5.36. The van der Waals surface area contributed by atoms with Gasteiger partial charge in [0.1, 0.15) is 0 Å². The largest absolute Gasteiger partial charge is 0.335 e. The lowest BCUT2D eigenvalue weighted by atomic mass is 9.74. The van der Waals surface area contributed by atoms with Crippen LogP contribution in [0.1, 0.15) is 45.4 Å². The minimum atomic E-state index is -4.04. The van der Waals surface area contributed by atoms with Crippen LogP contribution in [0.25, 0.3) is 0 Å². The van der Waals surface area contributed by atoms with E-state index >= 15 is 0 Å². The highest BCUT2D eigenvalue weighted by Crippen LogP contribution is 2.49. The summed E-state index contributed by atoms with van der Waals surface area (Å²) < 4.78 is 54.2. The smallest absolute Gasteiger partial charge is 0.195 e. The molecule has 0 saturated heterocycles. The van der Waals surface area contributed by atoms with Crippen molar-refractivity contribution in [1.82, 2.24) is 0 Å². The highest BCUT2D eigenvalue weighted by molar-refractivity contribution is 5.33. The number of hydrogen-bond acceptors (Lipinski definition) is 0. The van der Waals surface area contributed by atoms with E-state index in [-0.39, 0.29) is 11.5 Å². The Morgan fingerprint density at radius 1 is 1.11 bits per heavy atom. The monoisotopic (exact) mass is 276 g/mol. The molecule has 0 spiro atoms. The number of rotatable bonds is 3. The van der Waals surface area contributed by atoms with Crippen molar-refractivity contribution in [2.45, 2.75) is 57.3 Å². The molecular weight excluding hydrogens is 256 g/mol. The highest BCUT2D eigenvalue weighted by Gasteiger charge is 2.59. The van der Waals surface area contributed by atoms with Crippen molar-refractivity contribution in [1.29, 1.82) is 0 Å². The summed E-state index contributed by atoms with van der Waals surface area (Å²) in [6.07, 6.45) is 7.74. The van der Waals surface area contributed by atoms with Crippen LogP contribution in [0.15, 0.2) is 23.8 Å². The third-order valence-electron chi connectivity index (χ3n) is 4.35. The van der Waals surface area contributed by atoms with Gasteiger partial charge in [-0.2, -0.15) is 17.6 Å². The van der Waals surface area contributed by atoms with Crippen molar-refractivity contribution in [2.75, 3.05) is 0 Å². The lowest BCUT2D eigenvalue weighted by Gasteiger charge is -2.36. The van der Waals surface area contributed by atoms with Gasteiger partial charge in [-0.25, -0.2) is 0 Å². The Kier molecular flexibility index (Phi) is 4.07. The molecule has 0 aromatic rings. The molecule has 0 N–H and O–H groups in total. The molecular formula is C15H20F4. The Hall–Kier alpha value is -0.800. The van der Waals surface area contributed by atoms with Gasteiger partial charge in [-0.15, -0.1) is 0 Å². The van der Waals surface area contributed by atoms with Crippen LogP contribution < -0.4 is 0 Å². The molecule has 1 fully saturated rings. The average molecular weight is 276 g/mol. The van der Waals surface area contributed by atoms with Crippen LogP contribution in [0.3, 0.4) is 0 Å². The van der Waals surface area contributed by atoms with Gasteiger partial charge in [-0.05, 0) is 43.6 Å². The molecule has 0 aliphatic heterocycles. The zero-order chi connectivity index (χ0) is 14.1. The first-order chi connectivity index (χ1) is 8.88. The van der Waals surface area contributed by atoms with Gasteiger partial charge in [0.2, 0.25) is 0 Å². The number of hydrogen-bond donors (Lipinski definition) is 0. The summed E-state index contributed by atoms with van der Waals surface area (Å²) in [5.74, 6) is -7.88. The number of halogens is 4. The fraction of sp³-hybridized carbons (Fsp3) is 0.733. The minimum Gasteiger partial charge on any atom is -0.195 e. The first-order valence-corrected chi connectivity index (χ1v) is 7.04. The van der Waals surface area contributed by atoms with E-state index in [0.717, 1.165) is 31.8 Å². The molecule has 0 amide bonds. The second-order valence-corrected chi connectivity index (χ2v) is 5.68. The Morgan fingerprint density at radius 2 is 1.74 bits per heavy atom. The van der Waals surface area contributed by atoms with Gasteiger partial charge >= 0.3 is 11.8 Å². The molecule has 0 unspecified atom stereocenters. The van der Waals surface area contributed by atoms with Crippen molar-refractivity contribution >= 4 is 0 Å². The summed E-state index contributed by atoms with van der Waals surface area (Å²) in [5.41, 5.74) is -0.366. The quantitative estimate of drug-likeness (QED) is 0.609. The van der Waals surface area contributed by atoms with Crippen LogP contribution in [0.2, 0.25) is 0 Å². The summed E-state index contributed by atoms with van der Waals surface area (Å²) in [5, 5.41) is 0. The molecule has 4 heteroatoms. The lowest BCUT2D eigenvalue weighted by Crippen LogP contribution is -2.44. The summed E-state index contributed by atoms with van der Waals surface area (Å²) in [4.78, 5) is 0. The highest BCUT2D eigenvalue weighted by atomic mass is 19.3. The molecule has 1 saturated carbocycles.